The molecule has 5 heteroatoms. The number of hydrogen-bond acceptors (Lipinski definition) is 3. The third-order valence-corrected chi connectivity index (χ3v) is 6.38. The molecule has 0 aromatic carbocycles. The molecule has 0 unspecified atom stereocenters. The van der Waals surface area contributed by atoms with Gasteiger partial charge in [0.15, 0.2) is 0 Å². The van der Waals surface area contributed by atoms with Gasteiger partial charge < -0.3 is 9.47 Å². The summed E-state index contributed by atoms with van der Waals surface area (Å²) in [4.78, 5) is 23.6. The van der Waals surface area contributed by atoms with E-state index in [4.69, 9.17) is 0 Å². The van der Waals surface area contributed by atoms with Crippen molar-refractivity contribution in [3.05, 3.63) is 47.3 Å². The van der Waals surface area contributed by atoms with Crippen LogP contribution in [0.5, 0.6) is 0 Å². The molecule has 4 rings (SSSR count). The van der Waals surface area contributed by atoms with Crippen molar-refractivity contribution in [2.75, 3.05) is 13.1 Å². The molecule has 2 fully saturated rings. The Bertz CT molecular complexity index is 783. The van der Waals surface area contributed by atoms with Gasteiger partial charge in [-0.05, 0) is 64.0 Å². The fourth-order valence-corrected chi connectivity index (χ4v) is 4.28. The largest absolute Gasteiger partial charge is 0.339 e. The minimum absolute atomic E-state index is 0.124. The molecule has 0 atom stereocenters. The van der Waals surface area contributed by atoms with Gasteiger partial charge in [0.2, 0.25) is 0 Å². The molecule has 1 aliphatic heterocycles. The number of imidazole rings is 1. The highest BCUT2D eigenvalue weighted by molar-refractivity contribution is 5.93. The summed E-state index contributed by atoms with van der Waals surface area (Å²) in [5.41, 5.74) is 2.94. The summed E-state index contributed by atoms with van der Waals surface area (Å²) in [5, 5.41) is 0. The van der Waals surface area contributed by atoms with Crippen LogP contribution in [0.2, 0.25) is 0 Å². The minimum atomic E-state index is 0.124. The number of nitrogens with zero attached hydrogens (tertiary/aromatic N) is 4. The van der Waals surface area contributed by atoms with Gasteiger partial charge in [-0.2, -0.15) is 0 Å². The van der Waals surface area contributed by atoms with E-state index in [1.807, 2.05) is 30.2 Å². The van der Waals surface area contributed by atoms with Gasteiger partial charge in [0.05, 0.1) is 5.56 Å². The number of rotatable bonds is 5. The van der Waals surface area contributed by atoms with Gasteiger partial charge in [-0.25, -0.2) is 4.98 Å². The van der Waals surface area contributed by atoms with Gasteiger partial charge in [0.1, 0.15) is 5.82 Å². The van der Waals surface area contributed by atoms with Crippen LogP contribution in [0.25, 0.3) is 0 Å². The van der Waals surface area contributed by atoms with Crippen molar-refractivity contribution in [1.82, 2.24) is 19.4 Å². The molecule has 0 spiro atoms. The number of carbonyl (C=O) groups excluding carboxylic acids is 1. The molecule has 5 nitrogen and oxygen atoms in total. The third-order valence-electron chi connectivity index (χ3n) is 6.38. The first-order chi connectivity index (χ1) is 13.1. The van der Waals surface area contributed by atoms with Crippen LogP contribution in [0, 0.1) is 19.8 Å². The molecule has 1 aliphatic carbocycles. The van der Waals surface area contributed by atoms with Crippen LogP contribution in [0.15, 0.2) is 24.5 Å². The number of carbonyl (C=O) groups is 1. The molecule has 2 aliphatic rings. The quantitative estimate of drug-likeness (QED) is 0.800. The second-order valence-electron chi connectivity index (χ2n) is 8.25. The molecule has 3 heterocycles. The average molecular weight is 367 g/mol. The maximum atomic E-state index is 12.6. The van der Waals surface area contributed by atoms with Crippen molar-refractivity contribution in [3.63, 3.8) is 0 Å². The number of aromatic nitrogens is 3. The van der Waals surface area contributed by atoms with E-state index in [9.17, 15) is 4.79 Å². The molecule has 2 aromatic rings. The van der Waals surface area contributed by atoms with Gasteiger partial charge in [-0.3, -0.25) is 9.78 Å². The molecular weight excluding hydrogens is 336 g/mol. The van der Waals surface area contributed by atoms with Crippen LogP contribution in [0.4, 0.5) is 0 Å². The number of amides is 1. The second kappa shape index (κ2) is 7.83. The van der Waals surface area contributed by atoms with E-state index in [0.717, 1.165) is 38.2 Å². The van der Waals surface area contributed by atoms with Gasteiger partial charge in [-0.15, -0.1) is 0 Å². The Morgan fingerprint density at radius 2 is 1.85 bits per heavy atom. The molecule has 2 aromatic heterocycles. The van der Waals surface area contributed by atoms with Crippen molar-refractivity contribution in [3.8, 4) is 0 Å². The predicted molar refractivity (Wildman–Crippen MR) is 106 cm³/mol. The fourth-order valence-electron chi connectivity index (χ4n) is 4.28. The van der Waals surface area contributed by atoms with Crippen LogP contribution in [-0.4, -0.2) is 38.4 Å². The Morgan fingerprint density at radius 1 is 1.07 bits per heavy atom. The molecule has 1 saturated carbocycles. The van der Waals surface area contributed by atoms with Gasteiger partial charge in [0.25, 0.3) is 5.91 Å². The molecule has 1 saturated heterocycles. The van der Waals surface area contributed by atoms with Crippen molar-refractivity contribution in [1.29, 1.82) is 0 Å². The smallest absolute Gasteiger partial charge is 0.255 e. The van der Waals surface area contributed by atoms with E-state index in [2.05, 4.69) is 21.5 Å². The fraction of sp³-hybridized carbons (Fsp3) is 0.591. The monoisotopic (exact) mass is 366 g/mol. The van der Waals surface area contributed by atoms with Crippen molar-refractivity contribution < 1.29 is 4.79 Å². The molecule has 144 valence electrons. The molecular formula is C22H30N4O. The highest BCUT2D eigenvalue weighted by atomic mass is 16.2. The van der Waals surface area contributed by atoms with Crippen molar-refractivity contribution >= 4 is 5.91 Å². The van der Waals surface area contributed by atoms with Gasteiger partial charge >= 0.3 is 0 Å². The van der Waals surface area contributed by atoms with Crippen LogP contribution >= 0.6 is 0 Å². The Balaban J connectivity index is 1.29. The zero-order chi connectivity index (χ0) is 18.8. The molecule has 1 amide bonds. The van der Waals surface area contributed by atoms with Crippen LogP contribution in [0.1, 0.15) is 72.0 Å². The van der Waals surface area contributed by atoms with Gasteiger partial charge in [0, 0.05) is 49.3 Å². The zero-order valence-electron chi connectivity index (χ0n) is 16.5. The molecule has 0 bridgehead atoms. The maximum absolute atomic E-state index is 12.6. The summed E-state index contributed by atoms with van der Waals surface area (Å²) < 4.78 is 2.44. The van der Waals surface area contributed by atoms with E-state index < -0.39 is 0 Å². The predicted octanol–water partition coefficient (Wildman–Crippen LogP) is 4.10. The summed E-state index contributed by atoms with van der Waals surface area (Å²) in [6, 6.07) is 3.80. The van der Waals surface area contributed by atoms with Crippen molar-refractivity contribution in [2.24, 2.45) is 5.92 Å². The molecule has 0 radical (unpaired) electrons. The van der Waals surface area contributed by atoms with Gasteiger partial charge in [-0.1, -0.05) is 6.42 Å². The SMILES string of the molecule is Cc1ccc(C(=O)N2CCC(CCn3c(C)cnc3C3CCC3)CC2)cn1. The Morgan fingerprint density at radius 3 is 2.48 bits per heavy atom. The number of likely N-dealkylation sites (tertiary alicyclic amines) is 1. The standard InChI is InChI=1S/C22H30N4O/c1-16-6-7-20(15-23-16)22(27)25-11-8-18(9-12-25)10-13-26-17(2)14-24-21(26)19-4-3-5-19/h6-7,14-15,18-19H,3-5,8-13H2,1-2H3. The van der Waals surface area contributed by atoms with E-state index >= 15 is 0 Å². The van der Waals surface area contributed by atoms with E-state index in [0.29, 0.717) is 17.4 Å². The number of pyridine rings is 1. The summed E-state index contributed by atoms with van der Waals surface area (Å²) >= 11 is 0. The van der Waals surface area contributed by atoms with Crippen LogP contribution in [-0.2, 0) is 6.54 Å². The Labute approximate surface area is 161 Å². The lowest BCUT2D eigenvalue weighted by Crippen LogP contribution is -2.38. The maximum Gasteiger partial charge on any atom is 0.255 e. The lowest BCUT2D eigenvalue weighted by molar-refractivity contribution is 0.0684. The Hall–Kier alpha value is -2.17. The summed E-state index contributed by atoms with van der Waals surface area (Å²) in [6.07, 6.45) is 11.0. The topological polar surface area (TPSA) is 51.0 Å². The van der Waals surface area contributed by atoms with E-state index in [1.54, 1.807) is 6.20 Å². The first kappa shape index (κ1) is 18.2. The summed E-state index contributed by atoms with van der Waals surface area (Å²) in [5.74, 6) is 2.81. The highest BCUT2D eigenvalue weighted by Crippen LogP contribution is 2.36. The third kappa shape index (κ3) is 3.92. The molecule has 27 heavy (non-hydrogen) atoms. The number of aryl methyl sites for hydroxylation is 2. The van der Waals surface area contributed by atoms with Crippen LogP contribution in [0.3, 0.4) is 0 Å². The average Bonchev–Trinajstić information content (AvgIpc) is 2.99. The lowest BCUT2D eigenvalue weighted by atomic mass is 9.84. The highest BCUT2D eigenvalue weighted by Gasteiger charge is 2.26. The molecule has 0 N–H and O–H groups in total. The normalized spacial score (nSPS) is 18.5. The van der Waals surface area contributed by atoms with E-state index in [-0.39, 0.29) is 5.91 Å². The zero-order valence-corrected chi connectivity index (χ0v) is 16.5. The number of hydrogen-bond donors (Lipinski definition) is 0. The van der Waals surface area contributed by atoms with Crippen molar-refractivity contribution in [2.45, 2.75) is 64.8 Å². The first-order valence-electron chi connectivity index (χ1n) is 10.4. The summed E-state index contributed by atoms with van der Waals surface area (Å²) in [6.45, 7) is 6.90. The minimum Gasteiger partial charge on any atom is -0.339 e. The summed E-state index contributed by atoms with van der Waals surface area (Å²) in [7, 11) is 0. The second-order valence-corrected chi connectivity index (χ2v) is 8.25. The first-order valence-corrected chi connectivity index (χ1v) is 10.4. The van der Waals surface area contributed by atoms with E-state index in [1.165, 1.54) is 37.2 Å². The Kier molecular flexibility index (Phi) is 5.28. The lowest BCUT2D eigenvalue weighted by Gasteiger charge is -2.32. The number of piperidine rings is 1. The van der Waals surface area contributed by atoms with Crippen LogP contribution < -0.4 is 0 Å².